The summed E-state index contributed by atoms with van der Waals surface area (Å²) in [6, 6.07) is 0. The Hall–Kier alpha value is -1.17. The smallest absolute Gasteiger partial charge is 0.310 e. The monoisotopic (exact) mass is 476 g/mol. The number of fused-ring (bicyclic) bond motifs is 1. The van der Waals surface area contributed by atoms with Crippen LogP contribution in [-0.4, -0.2) is 39.8 Å². The highest BCUT2D eigenvalue weighted by Crippen LogP contribution is 2.56. The van der Waals surface area contributed by atoms with E-state index in [1.54, 1.807) is 0 Å². The SMILES string of the molecule is CCCCCCCOC1CC2C(CC1C(C)CC1=CCC(C(=O)O)C=C1)C(C)(C)CCC2(O)O. The van der Waals surface area contributed by atoms with E-state index in [4.69, 9.17) is 4.74 Å². The molecule has 0 radical (unpaired) electrons. The number of carboxylic acid groups (broad SMARTS) is 1. The van der Waals surface area contributed by atoms with Crippen molar-refractivity contribution in [1.29, 1.82) is 0 Å². The Morgan fingerprint density at radius 2 is 1.85 bits per heavy atom. The zero-order valence-corrected chi connectivity index (χ0v) is 21.8. The molecule has 0 aromatic heterocycles. The van der Waals surface area contributed by atoms with Gasteiger partial charge in [-0.05, 0) is 61.7 Å². The summed E-state index contributed by atoms with van der Waals surface area (Å²) in [4.78, 5) is 11.3. The van der Waals surface area contributed by atoms with Crippen molar-refractivity contribution >= 4 is 5.97 Å². The van der Waals surface area contributed by atoms with Crippen LogP contribution in [0.4, 0.5) is 0 Å². The number of hydrogen-bond acceptors (Lipinski definition) is 4. The maximum absolute atomic E-state index is 11.3. The molecule has 0 heterocycles. The second kappa shape index (κ2) is 11.7. The number of ether oxygens (including phenoxy) is 1. The summed E-state index contributed by atoms with van der Waals surface area (Å²) in [7, 11) is 0. The summed E-state index contributed by atoms with van der Waals surface area (Å²) < 4.78 is 6.51. The summed E-state index contributed by atoms with van der Waals surface area (Å²) in [5.41, 5.74) is 1.30. The zero-order chi connectivity index (χ0) is 24.9. The van der Waals surface area contributed by atoms with Gasteiger partial charge in [0.2, 0.25) is 0 Å². The highest BCUT2D eigenvalue weighted by atomic mass is 16.5. The number of aliphatic hydroxyl groups is 2. The second-order valence-corrected chi connectivity index (χ2v) is 12.0. The first-order chi connectivity index (χ1) is 16.0. The van der Waals surface area contributed by atoms with Gasteiger partial charge in [0.25, 0.3) is 0 Å². The normalized spacial score (nSPS) is 33.1. The Labute approximate surface area is 206 Å². The Morgan fingerprint density at radius 1 is 1.12 bits per heavy atom. The number of carboxylic acids is 1. The number of allylic oxidation sites excluding steroid dienone is 3. The topological polar surface area (TPSA) is 87.0 Å². The number of hydrogen-bond donors (Lipinski definition) is 3. The molecule has 194 valence electrons. The van der Waals surface area contributed by atoms with E-state index < -0.39 is 17.7 Å². The van der Waals surface area contributed by atoms with Gasteiger partial charge in [-0.15, -0.1) is 0 Å². The largest absolute Gasteiger partial charge is 0.481 e. The molecule has 0 amide bonds. The van der Waals surface area contributed by atoms with Gasteiger partial charge in [-0.2, -0.15) is 0 Å². The maximum atomic E-state index is 11.3. The van der Waals surface area contributed by atoms with Crippen LogP contribution in [0.1, 0.15) is 98.3 Å². The molecule has 0 aliphatic heterocycles. The second-order valence-electron chi connectivity index (χ2n) is 12.0. The summed E-state index contributed by atoms with van der Waals surface area (Å²) in [5.74, 6) is -1.91. The van der Waals surface area contributed by atoms with Gasteiger partial charge in [-0.25, -0.2) is 0 Å². The van der Waals surface area contributed by atoms with Gasteiger partial charge in [0.15, 0.2) is 5.79 Å². The third-order valence-corrected chi connectivity index (χ3v) is 9.07. The minimum Gasteiger partial charge on any atom is -0.481 e. The quantitative estimate of drug-likeness (QED) is 0.248. The van der Waals surface area contributed by atoms with Gasteiger partial charge in [0, 0.05) is 18.9 Å². The molecule has 6 unspecified atom stereocenters. The minimum atomic E-state index is -1.60. The molecule has 3 rings (SSSR count). The fourth-order valence-corrected chi connectivity index (χ4v) is 6.70. The molecular weight excluding hydrogens is 428 g/mol. The van der Waals surface area contributed by atoms with Crippen molar-refractivity contribution in [1.82, 2.24) is 0 Å². The van der Waals surface area contributed by atoms with Gasteiger partial charge in [0.05, 0.1) is 12.0 Å². The summed E-state index contributed by atoms with van der Waals surface area (Å²) in [6.07, 6.45) is 16.3. The van der Waals surface area contributed by atoms with Crippen LogP contribution in [0.2, 0.25) is 0 Å². The van der Waals surface area contributed by atoms with Crippen LogP contribution in [0, 0.1) is 35.0 Å². The Balaban J connectivity index is 1.70. The minimum absolute atomic E-state index is 0.0370. The predicted octanol–water partition coefficient (Wildman–Crippen LogP) is 6.10. The third kappa shape index (κ3) is 6.73. The van der Waals surface area contributed by atoms with E-state index in [0.29, 0.717) is 31.1 Å². The maximum Gasteiger partial charge on any atom is 0.310 e. The van der Waals surface area contributed by atoms with E-state index >= 15 is 0 Å². The molecule has 0 spiro atoms. The first-order valence-corrected chi connectivity index (χ1v) is 13.7. The number of rotatable bonds is 11. The van der Waals surface area contributed by atoms with E-state index in [0.717, 1.165) is 32.3 Å². The lowest BCUT2D eigenvalue weighted by Crippen LogP contribution is -2.57. The molecular formula is C29H48O5. The first kappa shape index (κ1) is 27.4. The van der Waals surface area contributed by atoms with Crippen LogP contribution in [-0.2, 0) is 9.53 Å². The highest BCUT2D eigenvalue weighted by Gasteiger charge is 2.55. The third-order valence-electron chi connectivity index (χ3n) is 9.07. The van der Waals surface area contributed by atoms with E-state index in [1.807, 2.05) is 12.2 Å². The van der Waals surface area contributed by atoms with Crippen LogP contribution < -0.4 is 0 Å². The van der Waals surface area contributed by atoms with Crippen molar-refractivity contribution < 1.29 is 24.9 Å². The molecule has 5 heteroatoms. The van der Waals surface area contributed by atoms with Gasteiger partial charge in [-0.3, -0.25) is 4.79 Å². The number of aliphatic carboxylic acids is 1. The number of carbonyl (C=O) groups is 1. The lowest BCUT2D eigenvalue weighted by Gasteiger charge is -2.56. The van der Waals surface area contributed by atoms with Crippen molar-refractivity contribution in [3.63, 3.8) is 0 Å². The Morgan fingerprint density at radius 3 is 2.50 bits per heavy atom. The van der Waals surface area contributed by atoms with Crippen LogP contribution in [0.25, 0.3) is 0 Å². The van der Waals surface area contributed by atoms with Crippen LogP contribution in [0.15, 0.2) is 23.8 Å². The van der Waals surface area contributed by atoms with Crippen LogP contribution >= 0.6 is 0 Å². The van der Waals surface area contributed by atoms with Crippen LogP contribution in [0.3, 0.4) is 0 Å². The molecule has 3 aliphatic carbocycles. The fraction of sp³-hybridized carbons (Fsp3) is 0.828. The molecule has 0 saturated heterocycles. The average molecular weight is 477 g/mol. The number of unbranched alkanes of at least 4 members (excludes halogenated alkanes) is 4. The summed E-state index contributed by atoms with van der Waals surface area (Å²) >= 11 is 0. The van der Waals surface area contributed by atoms with E-state index in [1.165, 1.54) is 31.3 Å². The molecule has 0 aromatic rings. The fourth-order valence-electron chi connectivity index (χ4n) is 6.70. The van der Waals surface area contributed by atoms with Crippen molar-refractivity contribution in [2.45, 2.75) is 110 Å². The highest BCUT2D eigenvalue weighted by molar-refractivity contribution is 5.73. The Kier molecular flexibility index (Phi) is 9.44. The van der Waals surface area contributed by atoms with E-state index in [9.17, 15) is 20.1 Å². The van der Waals surface area contributed by atoms with Crippen LogP contribution in [0.5, 0.6) is 0 Å². The van der Waals surface area contributed by atoms with Gasteiger partial charge >= 0.3 is 5.97 Å². The van der Waals surface area contributed by atoms with Gasteiger partial charge in [-0.1, -0.05) is 77.2 Å². The molecule has 3 aliphatic rings. The predicted molar refractivity (Wildman–Crippen MR) is 135 cm³/mol. The van der Waals surface area contributed by atoms with Crippen molar-refractivity contribution in [3.8, 4) is 0 Å². The van der Waals surface area contributed by atoms with Gasteiger partial charge in [0.1, 0.15) is 0 Å². The molecule has 3 N–H and O–H groups in total. The zero-order valence-electron chi connectivity index (χ0n) is 21.8. The molecule has 2 saturated carbocycles. The van der Waals surface area contributed by atoms with Crippen molar-refractivity contribution in [2.24, 2.45) is 35.0 Å². The standard InChI is InChI=1S/C29H48O5/c1-5-6-7-8-9-16-34-26-19-25-24(28(3,4)14-15-29(25,32)33)18-23(26)20(2)17-21-10-12-22(13-11-21)27(30)31/h10-12,20,22-26,32-33H,5-9,13-19H2,1-4H3,(H,30,31). The van der Waals surface area contributed by atoms with Crippen molar-refractivity contribution in [3.05, 3.63) is 23.8 Å². The molecule has 2 fully saturated rings. The lowest BCUT2D eigenvalue weighted by molar-refractivity contribution is -0.271. The first-order valence-electron chi connectivity index (χ1n) is 13.7. The van der Waals surface area contributed by atoms with Gasteiger partial charge < -0.3 is 20.1 Å². The molecule has 0 aromatic carbocycles. The van der Waals surface area contributed by atoms with Crippen molar-refractivity contribution in [2.75, 3.05) is 6.61 Å². The molecule has 6 atom stereocenters. The van der Waals surface area contributed by atoms with E-state index in [-0.39, 0.29) is 23.4 Å². The molecule has 34 heavy (non-hydrogen) atoms. The molecule has 0 bridgehead atoms. The molecule has 5 nitrogen and oxygen atoms in total. The Bertz CT molecular complexity index is 737. The average Bonchev–Trinajstić information content (AvgIpc) is 2.79. The summed E-state index contributed by atoms with van der Waals surface area (Å²) in [5, 5.41) is 31.0. The van der Waals surface area contributed by atoms with E-state index in [2.05, 4.69) is 33.8 Å². The lowest BCUT2D eigenvalue weighted by atomic mass is 9.53. The summed E-state index contributed by atoms with van der Waals surface area (Å²) in [6.45, 7) is 9.83.